The number of rotatable bonds is 4. The Bertz CT molecular complexity index is 963. The molecule has 1 aromatic heterocycles. The Balaban J connectivity index is 1.36. The lowest BCUT2D eigenvalue weighted by Gasteiger charge is -2.34. The second-order valence-corrected chi connectivity index (χ2v) is 6.87. The largest absolute Gasteiger partial charge is 0.335 e. The van der Waals surface area contributed by atoms with Gasteiger partial charge in [0.2, 0.25) is 0 Å². The molecule has 1 N–H and O–H groups in total. The van der Waals surface area contributed by atoms with Gasteiger partial charge in [-0.15, -0.1) is 0 Å². The molecule has 1 fully saturated rings. The molecule has 1 amide bonds. The lowest BCUT2D eigenvalue weighted by molar-refractivity contribution is 0.0622. The molecule has 0 aliphatic carbocycles. The van der Waals surface area contributed by atoms with Crippen LogP contribution in [0.15, 0.2) is 54.6 Å². The van der Waals surface area contributed by atoms with Gasteiger partial charge in [0.05, 0.1) is 5.69 Å². The number of halogens is 2. The Kier molecular flexibility index (Phi) is 5.16. The molecule has 0 saturated carbocycles. The van der Waals surface area contributed by atoms with E-state index >= 15 is 0 Å². The first-order valence-electron chi connectivity index (χ1n) is 9.16. The number of hydrogen-bond acceptors (Lipinski definition) is 3. The summed E-state index contributed by atoms with van der Waals surface area (Å²) in [6.45, 7) is 3.30. The summed E-state index contributed by atoms with van der Waals surface area (Å²) in [6, 6.07) is 14.3. The molecule has 1 aliphatic rings. The molecule has 2 heterocycles. The van der Waals surface area contributed by atoms with E-state index in [2.05, 4.69) is 15.1 Å². The highest BCUT2D eigenvalue weighted by atomic mass is 19.1. The molecule has 0 spiro atoms. The number of H-pyrrole nitrogens is 1. The third kappa shape index (κ3) is 4.09. The zero-order valence-electron chi connectivity index (χ0n) is 15.2. The van der Waals surface area contributed by atoms with Gasteiger partial charge in [0.1, 0.15) is 17.3 Å². The molecule has 1 aliphatic heterocycles. The number of nitrogens with zero attached hydrogens (tertiary/aromatic N) is 3. The fraction of sp³-hybridized carbons (Fsp3) is 0.238. The van der Waals surface area contributed by atoms with E-state index in [1.165, 1.54) is 18.2 Å². The Morgan fingerprint density at radius 3 is 2.43 bits per heavy atom. The van der Waals surface area contributed by atoms with E-state index in [0.29, 0.717) is 31.0 Å². The highest BCUT2D eigenvalue weighted by Gasteiger charge is 2.23. The Morgan fingerprint density at radius 2 is 1.71 bits per heavy atom. The van der Waals surface area contributed by atoms with Gasteiger partial charge in [-0.3, -0.25) is 14.8 Å². The van der Waals surface area contributed by atoms with Crippen LogP contribution in [0.25, 0.3) is 11.3 Å². The summed E-state index contributed by atoms with van der Waals surface area (Å²) in [4.78, 5) is 16.7. The molecule has 144 valence electrons. The zero-order chi connectivity index (χ0) is 19.5. The molecule has 3 aromatic rings. The van der Waals surface area contributed by atoms with Crippen LogP contribution in [0.5, 0.6) is 0 Å². The van der Waals surface area contributed by atoms with Crippen LogP contribution in [0.3, 0.4) is 0 Å². The zero-order valence-corrected chi connectivity index (χ0v) is 15.2. The molecule has 1 saturated heterocycles. The number of piperazine rings is 1. The van der Waals surface area contributed by atoms with Gasteiger partial charge in [-0.2, -0.15) is 5.10 Å². The van der Waals surface area contributed by atoms with Gasteiger partial charge in [0.25, 0.3) is 5.91 Å². The molecule has 0 bridgehead atoms. The van der Waals surface area contributed by atoms with Crippen LogP contribution in [0, 0.1) is 11.6 Å². The van der Waals surface area contributed by atoms with Gasteiger partial charge in [-0.25, -0.2) is 8.78 Å². The van der Waals surface area contributed by atoms with Crippen LogP contribution in [-0.2, 0) is 6.54 Å². The van der Waals surface area contributed by atoms with Crippen LogP contribution >= 0.6 is 0 Å². The minimum Gasteiger partial charge on any atom is -0.335 e. The van der Waals surface area contributed by atoms with E-state index in [4.69, 9.17) is 0 Å². The lowest BCUT2D eigenvalue weighted by Crippen LogP contribution is -2.48. The van der Waals surface area contributed by atoms with Gasteiger partial charge in [-0.1, -0.05) is 12.1 Å². The highest BCUT2D eigenvalue weighted by Crippen LogP contribution is 2.19. The first kappa shape index (κ1) is 18.3. The van der Waals surface area contributed by atoms with Gasteiger partial charge in [0, 0.05) is 38.3 Å². The molecule has 0 atom stereocenters. The van der Waals surface area contributed by atoms with E-state index in [1.54, 1.807) is 35.2 Å². The summed E-state index contributed by atoms with van der Waals surface area (Å²) in [7, 11) is 0. The van der Waals surface area contributed by atoms with Crippen molar-refractivity contribution in [1.29, 1.82) is 0 Å². The Hall–Kier alpha value is -3.06. The number of carbonyl (C=O) groups excluding carboxylic acids is 1. The average molecular weight is 382 g/mol. The third-order valence-corrected chi connectivity index (χ3v) is 4.90. The first-order chi connectivity index (χ1) is 13.6. The molecule has 5 nitrogen and oxygen atoms in total. The van der Waals surface area contributed by atoms with Crippen LogP contribution < -0.4 is 0 Å². The van der Waals surface area contributed by atoms with E-state index < -0.39 is 0 Å². The fourth-order valence-electron chi connectivity index (χ4n) is 3.37. The van der Waals surface area contributed by atoms with Gasteiger partial charge in [-0.05, 0) is 48.0 Å². The van der Waals surface area contributed by atoms with E-state index in [0.717, 1.165) is 24.2 Å². The maximum Gasteiger partial charge on any atom is 0.271 e. The highest BCUT2D eigenvalue weighted by molar-refractivity contribution is 5.93. The maximum atomic E-state index is 13.3. The SMILES string of the molecule is O=C(c1cc(-c2ccc(F)cc2)n[nH]1)N1CCN(Cc2cccc(F)c2)CC1. The molecular weight excluding hydrogens is 362 g/mol. The monoisotopic (exact) mass is 382 g/mol. The summed E-state index contributed by atoms with van der Waals surface area (Å²) in [5.74, 6) is -0.652. The summed E-state index contributed by atoms with van der Waals surface area (Å²) in [5, 5.41) is 6.95. The van der Waals surface area contributed by atoms with Crippen LogP contribution in [-0.4, -0.2) is 52.1 Å². The van der Waals surface area contributed by atoms with Crippen molar-refractivity contribution in [2.75, 3.05) is 26.2 Å². The third-order valence-electron chi connectivity index (χ3n) is 4.90. The maximum absolute atomic E-state index is 13.3. The number of aromatic nitrogens is 2. The van der Waals surface area contributed by atoms with E-state index in [1.807, 2.05) is 6.07 Å². The van der Waals surface area contributed by atoms with Crippen molar-refractivity contribution in [3.63, 3.8) is 0 Å². The minimum atomic E-state index is -0.313. The molecular formula is C21H20F2N4O. The lowest BCUT2D eigenvalue weighted by atomic mass is 10.1. The standard InChI is InChI=1S/C21H20F2N4O/c22-17-6-4-16(5-7-17)19-13-20(25-24-19)21(28)27-10-8-26(9-11-27)14-15-2-1-3-18(23)12-15/h1-7,12-13H,8-11,14H2,(H,24,25). The van der Waals surface area contributed by atoms with Crippen molar-refractivity contribution in [3.05, 3.63) is 77.5 Å². The Labute approximate surface area is 161 Å². The second kappa shape index (κ2) is 7.90. The van der Waals surface area contributed by atoms with E-state index in [9.17, 15) is 13.6 Å². The number of benzene rings is 2. The summed E-state index contributed by atoms with van der Waals surface area (Å²) >= 11 is 0. The van der Waals surface area contributed by atoms with Crippen molar-refractivity contribution in [3.8, 4) is 11.3 Å². The van der Waals surface area contributed by atoms with E-state index in [-0.39, 0.29) is 17.5 Å². The number of amides is 1. The quantitative estimate of drug-likeness (QED) is 0.753. The Morgan fingerprint density at radius 1 is 0.964 bits per heavy atom. The van der Waals surface area contributed by atoms with Gasteiger partial charge < -0.3 is 4.90 Å². The number of hydrogen-bond donors (Lipinski definition) is 1. The molecule has 7 heteroatoms. The summed E-state index contributed by atoms with van der Waals surface area (Å²) in [5.41, 5.74) is 2.69. The van der Waals surface area contributed by atoms with Crippen LogP contribution in [0.4, 0.5) is 8.78 Å². The predicted octanol–water partition coefficient (Wildman–Crippen LogP) is 3.31. The topological polar surface area (TPSA) is 52.2 Å². The van der Waals surface area contributed by atoms with Crippen molar-refractivity contribution in [2.24, 2.45) is 0 Å². The molecule has 0 unspecified atom stereocenters. The van der Waals surface area contributed by atoms with Crippen LogP contribution in [0.1, 0.15) is 16.1 Å². The fourth-order valence-corrected chi connectivity index (χ4v) is 3.37. The number of carbonyl (C=O) groups is 1. The number of nitrogens with one attached hydrogen (secondary N) is 1. The van der Waals surface area contributed by atoms with Crippen molar-refractivity contribution >= 4 is 5.91 Å². The number of aromatic amines is 1. The summed E-state index contributed by atoms with van der Waals surface area (Å²) in [6.07, 6.45) is 0. The van der Waals surface area contributed by atoms with Crippen molar-refractivity contribution in [2.45, 2.75) is 6.54 Å². The summed E-state index contributed by atoms with van der Waals surface area (Å²) < 4.78 is 26.4. The second-order valence-electron chi connectivity index (χ2n) is 6.87. The minimum absolute atomic E-state index is 0.105. The normalized spacial score (nSPS) is 15.0. The van der Waals surface area contributed by atoms with Crippen molar-refractivity contribution in [1.82, 2.24) is 20.0 Å². The van der Waals surface area contributed by atoms with Crippen LogP contribution in [0.2, 0.25) is 0 Å². The van der Waals surface area contributed by atoms with Crippen molar-refractivity contribution < 1.29 is 13.6 Å². The molecule has 0 radical (unpaired) electrons. The molecule has 28 heavy (non-hydrogen) atoms. The average Bonchev–Trinajstić information content (AvgIpc) is 3.19. The smallest absolute Gasteiger partial charge is 0.271 e. The van der Waals surface area contributed by atoms with Gasteiger partial charge in [0.15, 0.2) is 0 Å². The first-order valence-corrected chi connectivity index (χ1v) is 9.16. The molecule has 2 aromatic carbocycles. The predicted molar refractivity (Wildman–Crippen MR) is 102 cm³/mol. The molecule has 4 rings (SSSR count). The van der Waals surface area contributed by atoms with Gasteiger partial charge >= 0.3 is 0 Å².